The van der Waals surface area contributed by atoms with Gasteiger partial charge in [0.15, 0.2) is 0 Å². The number of rotatable bonds is 4. The highest BCUT2D eigenvalue weighted by Gasteiger charge is 2.28. The zero-order chi connectivity index (χ0) is 20.4. The van der Waals surface area contributed by atoms with Crippen LogP contribution in [0, 0.1) is 13.8 Å². The highest BCUT2D eigenvalue weighted by molar-refractivity contribution is 6.12. The molecule has 0 radical (unpaired) electrons. The maximum Gasteiger partial charge on any atom is 0.436 e. The number of benzene rings is 2. The number of anilines is 2. The predicted octanol–water partition coefficient (Wildman–Crippen LogP) is 3.42. The molecule has 0 atom stereocenters. The number of hydroxylamine groups is 2. The molecule has 1 aliphatic heterocycles. The number of hydrogen-bond acceptors (Lipinski definition) is 5. The lowest BCUT2D eigenvalue weighted by molar-refractivity contribution is -0.168. The Hall–Kier alpha value is -3.61. The van der Waals surface area contributed by atoms with Crippen molar-refractivity contribution >= 4 is 29.3 Å². The van der Waals surface area contributed by atoms with Gasteiger partial charge in [0.05, 0.1) is 5.69 Å². The minimum Gasteiger partial charge on any atom is -0.377 e. The van der Waals surface area contributed by atoms with E-state index >= 15 is 0 Å². The molecule has 0 fully saturated rings. The summed E-state index contributed by atoms with van der Waals surface area (Å²) in [6.45, 7) is 3.96. The summed E-state index contributed by atoms with van der Waals surface area (Å²) in [6.07, 6.45) is 1.17. The lowest BCUT2D eigenvalue weighted by Crippen LogP contribution is -2.34. The monoisotopic (exact) mass is 379 g/mol. The number of carbonyl (C=O) groups is 3. The number of nitrogens with zero attached hydrogens (tertiary/aromatic N) is 2. The highest BCUT2D eigenvalue weighted by Crippen LogP contribution is 2.39. The van der Waals surface area contributed by atoms with Crippen LogP contribution < -0.4 is 10.2 Å². The van der Waals surface area contributed by atoms with Gasteiger partial charge in [-0.05, 0) is 37.1 Å². The number of nitrogens with one attached hydrogen (secondary N) is 1. The molecule has 0 spiro atoms. The Morgan fingerprint density at radius 2 is 1.50 bits per heavy atom. The SMILES string of the molecule is Cc1cccc(NC(=O)ON2C(=O)C=CC2=O)c1-c1c(C)cccc1N(C)C. The van der Waals surface area contributed by atoms with Gasteiger partial charge in [0.1, 0.15) is 0 Å². The normalized spacial score (nSPS) is 13.1. The molecule has 0 aliphatic carbocycles. The van der Waals surface area contributed by atoms with E-state index in [1.807, 2.05) is 63.2 Å². The zero-order valence-electron chi connectivity index (χ0n) is 16.1. The molecular formula is C21H21N3O4. The van der Waals surface area contributed by atoms with Crippen LogP contribution in [0.15, 0.2) is 48.6 Å². The van der Waals surface area contributed by atoms with Gasteiger partial charge in [-0.3, -0.25) is 14.9 Å². The Morgan fingerprint density at radius 1 is 0.929 bits per heavy atom. The molecule has 2 aromatic carbocycles. The van der Waals surface area contributed by atoms with Crippen LogP contribution in [0.5, 0.6) is 0 Å². The molecule has 3 amide bonds. The van der Waals surface area contributed by atoms with Crippen molar-refractivity contribution in [3.63, 3.8) is 0 Å². The van der Waals surface area contributed by atoms with E-state index in [4.69, 9.17) is 4.84 Å². The molecule has 1 heterocycles. The number of carbonyl (C=O) groups excluding carboxylic acids is 3. The predicted molar refractivity (Wildman–Crippen MR) is 107 cm³/mol. The highest BCUT2D eigenvalue weighted by atomic mass is 16.7. The Labute approximate surface area is 163 Å². The van der Waals surface area contributed by atoms with Crippen LogP contribution in [-0.2, 0) is 14.4 Å². The maximum atomic E-state index is 12.3. The van der Waals surface area contributed by atoms with E-state index < -0.39 is 17.9 Å². The van der Waals surface area contributed by atoms with Gasteiger partial charge >= 0.3 is 6.09 Å². The van der Waals surface area contributed by atoms with Crippen LogP contribution in [0.25, 0.3) is 11.1 Å². The first-order valence-corrected chi connectivity index (χ1v) is 8.71. The molecular weight excluding hydrogens is 358 g/mol. The molecule has 0 bridgehead atoms. The van der Waals surface area contributed by atoms with Crippen molar-refractivity contribution in [3.8, 4) is 11.1 Å². The average Bonchev–Trinajstić information content (AvgIpc) is 2.94. The number of hydrogen-bond donors (Lipinski definition) is 1. The minimum absolute atomic E-state index is 0.420. The van der Waals surface area contributed by atoms with Gasteiger partial charge in [0, 0.05) is 43.1 Å². The van der Waals surface area contributed by atoms with Crippen molar-refractivity contribution in [2.75, 3.05) is 24.3 Å². The van der Waals surface area contributed by atoms with Crippen LogP contribution in [0.4, 0.5) is 16.2 Å². The van der Waals surface area contributed by atoms with Crippen LogP contribution in [0.2, 0.25) is 0 Å². The van der Waals surface area contributed by atoms with E-state index in [0.29, 0.717) is 10.8 Å². The van der Waals surface area contributed by atoms with Gasteiger partial charge in [0.25, 0.3) is 11.8 Å². The summed E-state index contributed by atoms with van der Waals surface area (Å²) >= 11 is 0. The molecule has 1 N–H and O–H groups in total. The van der Waals surface area contributed by atoms with Gasteiger partial charge in [-0.1, -0.05) is 29.3 Å². The Balaban J connectivity index is 1.97. The summed E-state index contributed by atoms with van der Waals surface area (Å²) < 4.78 is 0. The molecule has 7 heteroatoms. The third-order valence-corrected chi connectivity index (χ3v) is 4.44. The largest absolute Gasteiger partial charge is 0.436 e. The second kappa shape index (κ2) is 7.56. The fourth-order valence-corrected chi connectivity index (χ4v) is 3.15. The van der Waals surface area contributed by atoms with Gasteiger partial charge in [0.2, 0.25) is 0 Å². The first kappa shape index (κ1) is 19.2. The fraction of sp³-hybridized carbons (Fsp3) is 0.190. The zero-order valence-corrected chi connectivity index (χ0v) is 16.1. The molecule has 28 heavy (non-hydrogen) atoms. The minimum atomic E-state index is -0.919. The van der Waals surface area contributed by atoms with E-state index in [2.05, 4.69) is 5.32 Å². The van der Waals surface area contributed by atoms with Crippen molar-refractivity contribution in [1.82, 2.24) is 5.06 Å². The van der Waals surface area contributed by atoms with Crippen LogP contribution >= 0.6 is 0 Å². The van der Waals surface area contributed by atoms with Gasteiger partial charge in [-0.2, -0.15) is 0 Å². The standard InChI is InChI=1S/C21H21N3O4/c1-13-7-5-9-15(22-21(27)28-24-17(25)11-12-18(24)26)19(13)20-14(2)8-6-10-16(20)23(3)4/h5-12H,1-4H3,(H,22,27). The molecule has 3 rings (SSSR count). The second-order valence-electron chi connectivity index (χ2n) is 6.67. The first-order chi connectivity index (χ1) is 13.3. The van der Waals surface area contributed by atoms with Crippen LogP contribution in [0.1, 0.15) is 11.1 Å². The lowest BCUT2D eigenvalue weighted by atomic mass is 9.93. The molecule has 2 aromatic rings. The van der Waals surface area contributed by atoms with Crippen molar-refractivity contribution < 1.29 is 19.2 Å². The third kappa shape index (κ3) is 3.59. The Morgan fingerprint density at radius 3 is 2.11 bits per heavy atom. The van der Waals surface area contributed by atoms with E-state index in [-0.39, 0.29) is 0 Å². The van der Waals surface area contributed by atoms with Gasteiger partial charge in [-0.15, -0.1) is 0 Å². The summed E-state index contributed by atoms with van der Waals surface area (Å²) in [5, 5.41) is 3.08. The van der Waals surface area contributed by atoms with E-state index in [1.165, 1.54) is 0 Å². The Kier molecular flexibility index (Phi) is 5.17. The van der Waals surface area contributed by atoms with Crippen LogP contribution in [0.3, 0.4) is 0 Å². The summed E-state index contributed by atoms with van der Waals surface area (Å²) in [7, 11) is 3.91. The molecule has 144 valence electrons. The molecule has 0 unspecified atom stereocenters. The third-order valence-electron chi connectivity index (χ3n) is 4.44. The van der Waals surface area contributed by atoms with Crippen LogP contribution in [-0.4, -0.2) is 37.1 Å². The molecule has 0 aromatic heterocycles. The number of aryl methyl sites for hydroxylation is 2. The van der Waals surface area contributed by atoms with Crippen molar-refractivity contribution in [3.05, 3.63) is 59.7 Å². The number of amides is 3. The smallest absolute Gasteiger partial charge is 0.377 e. The quantitative estimate of drug-likeness (QED) is 0.824. The molecule has 1 aliphatic rings. The van der Waals surface area contributed by atoms with Gasteiger partial charge in [-0.25, -0.2) is 4.79 Å². The summed E-state index contributed by atoms with van der Waals surface area (Å²) in [5.74, 6) is -1.39. The molecule has 0 saturated carbocycles. The summed E-state index contributed by atoms with van der Waals surface area (Å²) in [6, 6.07) is 11.5. The first-order valence-electron chi connectivity index (χ1n) is 8.71. The Bertz CT molecular complexity index is 977. The summed E-state index contributed by atoms with van der Waals surface area (Å²) in [5.41, 5.74) is 5.36. The van der Waals surface area contributed by atoms with E-state index in [9.17, 15) is 14.4 Å². The van der Waals surface area contributed by atoms with Crippen molar-refractivity contribution in [1.29, 1.82) is 0 Å². The van der Waals surface area contributed by atoms with Crippen molar-refractivity contribution in [2.24, 2.45) is 0 Å². The topological polar surface area (TPSA) is 79.0 Å². The van der Waals surface area contributed by atoms with E-state index in [0.717, 1.165) is 40.1 Å². The molecule has 7 nitrogen and oxygen atoms in total. The number of imide groups is 1. The van der Waals surface area contributed by atoms with Crippen molar-refractivity contribution in [2.45, 2.75) is 13.8 Å². The molecule has 0 saturated heterocycles. The maximum absolute atomic E-state index is 12.3. The average molecular weight is 379 g/mol. The summed E-state index contributed by atoms with van der Waals surface area (Å²) in [4.78, 5) is 42.4. The fourth-order valence-electron chi connectivity index (χ4n) is 3.15. The lowest BCUT2D eigenvalue weighted by Gasteiger charge is -2.23. The van der Waals surface area contributed by atoms with Gasteiger partial charge < -0.3 is 9.74 Å². The second-order valence-corrected chi connectivity index (χ2v) is 6.67. The van der Waals surface area contributed by atoms with E-state index in [1.54, 1.807) is 6.07 Å².